The van der Waals surface area contributed by atoms with Crippen molar-refractivity contribution in [2.75, 3.05) is 19.4 Å². The number of amides is 1. The maximum absolute atomic E-state index is 13.8. The normalized spacial score (nSPS) is 11.1. The van der Waals surface area contributed by atoms with Gasteiger partial charge in [-0.2, -0.15) is 9.61 Å². The van der Waals surface area contributed by atoms with E-state index in [1.54, 1.807) is 24.4 Å². The maximum Gasteiger partial charge on any atom is 0.256 e. The van der Waals surface area contributed by atoms with Crippen LogP contribution in [0.3, 0.4) is 0 Å². The van der Waals surface area contributed by atoms with Gasteiger partial charge in [0.15, 0.2) is 11.5 Å². The molecule has 1 amide bonds. The van der Waals surface area contributed by atoms with Gasteiger partial charge in [-0.15, -0.1) is 0 Å². The molecule has 118 valence electrons. The highest BCUT2D eigenvalue weighted by molar-refractivity contribution is 6.04. The molecule has 0 atom stereocenters. The monoisotopic (exact) mass is 313 g/mol. The average molecular weight is 313 g/mol. The van der Waals surface area contributed by atoms with Crippen LogP contribution in [0.15, 0.2) is 42.7 Å². The Labute approximate surface area is 132 Å². The lowest BCUT2D eigenvalue weighted by atomic mass is 10.1. The van der Waals surface area contributed by atoms with Crippen molar-refractivity contribution < 1.29 is 9.18 Å². The van der Waals surface area contributed by atoms with Crippen molar-refractivity contribution in [1.29, 1.82) is 0 Å². The third-order valence-electron chi connectivity index (χ3n) is 3.31. The van der Waals surface area contributed by atoms with Gasteiger partial charge in [-0.05, 0) is 44.4 Å². The van der Waals surface area contributed by atoms with Gasteiger partial charge >= 0.3 is 0 Å². The van der Waals surface area contributed by atoms with E-state index >= 15 is 0 Å². The molecule has 0 aliphatic carbocycles. The number of imidazole rings is 1. The number of hydrogen-bond acceptors (Lipinski definition) is 4. The number of benzene rings is 1. The molecule has 3 aromatic rings. The van der Waals surface area contributed by atoms with Crippen molar-refractivity contribution in [2.24, 2.45) is 0 Å². The number of nitrogens with one attached hydrogen (secondary N) is 1. The molecule has 3 rings (SSSR count). The highest BCUT2D eigenvalue weighted by Crippen LogP contribution is 2.15. The molecule has 0 fully saturated rings. The minimum Gasteiger partial charge on any atom is -0.305 e. The Morgan fingerprint density at radius 2 is 2.17 bits per heavy atom. The van der Waals surface area contributed by atoms with Crippen LogP contribution in [0.1, 0.15) is 15.9 Å². The zero-order valence-corrected chi connectivity index (χ0v) is 12.8. The third kappa shape index (κ3) is 3.19. The summed E-state index contributed by atoms with van der Waals surface area (Å²) in [6.45, 7) is 0.421. The van der Waals surface area contributed by atoms with E-state index in [2.05, 4.69) is 15.4 Å². The molecule has 0 unspecified atom stereocenters. The fourth-order valence-corrected chi connectivity index (χ4v) is 2.28. The minimum absolute atomic E-state index is 0.327. The molecule has 0 aliphatic heterocycles. The zero-order valence-electron chi connectivity index (χ0n) is 12.8. The summed E-state index contributed by atoms with van der Waals surface area (Å²) in [7, 11) is 3.69. The van der Waals surface area contributed by atoms with Crippen LogP contribution in [-0.4, -0.2) is 39.5 Å². The lowest BCUT2D eigenvalue weighted by molar-refractivity contribution is 0.102. The van der Waals surface area contributed by atoms with Crippen molar-refractivity contribution in [3.05, 3.63) is 59.7 Å². The average Bonchev–Trinajstić information content (AvgIpc) is 2.92. The van der Waals surface area contributed by atoms with Gasteiger partial charge in [0, 0.05) is 23.9 Å². The van der Waals surface area contributed by atoms with E-state index in [0.29, 0.717) is 29.1 Å². The summed E-state index contributed by atoms with van der Waals surface area (Å²) in [6, 6.07) is 7.87. The Bertz CT molecular complexity index is 859. The molecule has 1 N–H and O–H groups in total. The Morgan fingerprint density at radius 3 is 2.96 bits per heavy atom. The van der Waals surface area contributed by atoms with Gasteiger partial charge in [0.25, 0.3) is 5.91 Å². The number of carbonyl (C=O) groups is 1. The van der Waals surface area contributed by atoms with Gasteiger partial charge in [0.2, 0.25) is 0 Å². The van der Waals surface area contributed by atoms with Crippen molar-refractivity contribution >= 4 is 17.4 Å². The molecule has 0 radical (unpaired) electrons. The molecule has 0 bridgehead atoms. The number of carbonyl (C=O) groups excluding carboxylic acids is 1. The second kappa shape index (κ2) is 6.13. The predicted octanol–water partition coefficient (Wildman–Crippen LogP) is 2.18. The third-order valence-corrected chi connectivity index (χ3v) is 3.31. The van der Waals surface area contributed by atoms with Crippen molar-refractivity contribution in [1.82, 2.24) is 19.5 Å². The Balaban J connectivity index is 1.86. The van der Waals surface area contributed by atoms with E-state index in [-0.39, 0.29) is 11.7 Å². The summed E-state index contributed by atoms with van der Waals surface area (Å²) < 4.78 is 15.3. The van der Waals surface area contributed by atoms with Crippen LogP contribution in [0, 0.1) is 5.82 Å². The van der Waals surface area contributed by atoms with Crippen LogP contribution >= 0.6 is 0 Å². The minimum atomic E-state index is -0.336. The zero-order chi connectivity index (χ0) is 16.4. The molecule has 0 aliphatic rings. The highest BCUT2D eigenvalue weighted by Gasteiger charge is 2.13. The number of aromatic nitrogens is 3. The van der Waals surface area contributed by atoms with Crippen molar-refractivity contribution in [2.45, 2.75) is 6.54 Å². The van der Waals surface area contributed by atoms with E-state index in [9.17, 15) is 9.18 Å². The molecule has 2 aromatic heterocycles. The van der Waals surface area contributed by atoms with Crippen LogP contribution in [0.5, 0.6) is 0 Å². The van der Waals surface area contributed by atoms with E-state index < -0.39 is 0 Å². The van der Waals surface area contributed by atoms with E-state index in [1.807, 2.05) is 19.0 Å². The molecule has 6 nitrogen and oxygen atoms in total. The Morgan fingerprint density at radius 1 is 1.35 bits per heavy atom. The molecule has 2 heterocycles. The van der Waals surface area contributed by atoms with Gasteiger partial charge in [0.05, 0.1) is 6.20 Å². The highest BCUT2D eigenvalue weighted by atomic mass is 19.1. The lowest BCUT2D eigenvalue weighted by Crippen LogP contribution is -2.16. The van der Waals surface area contributed by atoms with Crippen LogP contribution in [-0.2, 0) is 6.54 Å². The maximum atomic E-state index is 13.8. The van der Waals surface area contributed by atoms with Gasteiger partial charge in [0.1, 0.15) is 5.82 Å². The smallest absolute Gasteiger partial charge is 0.256 e. The summed E-state index contributed by atoms with van der Waals surface area (Å²) in [4.78, 5) is 18.4. The number of fused-ring (bicyclic) bond motifs is 1. The number of rotatable bonds is 4. The van der Waals surface area contributed by atoms with E-state index in [0.717, 1.165) is 0 Å². The first kappa shape index (κ1) is 15.1. The quantitative estimate of drug-likeness (QED) is 0.802. The van der Waals surface area contributed by atoms with Crippen molar-refractivity contribution in [3.8, 4) is 0 Å². The second-order valence-electron chi connectivity index (χ2n) is 5.44. The van der Waals surface area contributed by atoms with E-state index in [1.165, 1.54) is 22.8 Å². The first-order valence-electron chi connectivity index (χ1n) is 7.08. The number of hydrogen-bond donors (Lipinski definition) is 1. The molecular weight excluding hydrogens is 297 g/mol. The van der Waals surface area contributed by atoms with Crippen LogP contribution in [0.2, 0.25) is 0 Å². The van der Waals surface area contributed by atoms with Gasteiger partial charge < -0.3 is 10.2 Å². The molecule has 23 heavy (non-hydrogen) atoms. The molecule has 0 saturated heterocycles. The topological polar surface area (TPSA) is 62.5 Å². The van der Waals surface area contributed by atoms with E-state index in [4.69, 9.17) is 0 Å². The molecule has 1 aromatic carbocycles. The van der Waals surface area contributed by atoms with Gasteiger partial charge in [-0.1, -0.05) is 0 Å². The van der Waals surface area contributed by atoms with Crippen LogP contribution in [0.25, 0.3) is 5.65 Å². The fraction of sp³-hybridized carbons (Fsp3) is 0.188. The predicted molar refractivity (Wildman–Crippen MR) is 84.7 cm³/mol. The molecule has 7 heteroatoms. The SMILES string of the molecule is CN(C)Cc1cc(C(=O)Nc2cnc3cccnn23)ccc1F. The summed E-state index contributed by atoms with van der Waals surface area (Å²) >= 11 is 0. The van der Waals surface area contributed by atoms with Crippen LogP contribution in [0.4, 0.5) is 10.2 Å². The van der Waals surface area contributed by atoms with Gasteiger partial charge in [-0.25, -0.2) is 9.37 Å². The summed E-state index contributed by atoms with van der Waals surface area (Å²) in [6.07, 6.45) is 3.14. The number of nitrogens with zero attached hydrogens (tertiary/aromatic N) is 4. The molecule has 0 spiro atoms. The number of halogens is 1. The first-order chi connectivity index (χ1) is 11.0. The second-order valence-corrected chi connectivity index (χ2v) is 5.44. The van der Waals surface area contributed by atoms with Crippen LogP contribution < -0.4 is 5.32 Å². The van der Waals surface area contributed by atoms with Crippen molar-refractivity contribution in [3.63, 3.8) is 0 Å². The summed E-state index contributed by atoms with van der Waals surface area (Å²) in [5, 5.41) is 6.88. The Hall–Kier alpha value is -2.80. The first-order valence-corrected chi connectivity index (χ1v) is 7.08. The lowest BCUT2D eigenvalue weighted by Gasteiger charge is -2.12. The molecule has 0 saturated carbocycles. The number of anilines is 1. The summed E-state index contributed by atoms with van der Waals surface area (Å²) in [5.41, 5.74) is 1.49. The fourth-order valence-electron chi connectivity index (χ4n) is 2.28. The Kier molecular flexibility index (Phi) is 4.03. The standard InChI is InChI=1S/C16H16FN5O/c1-21(2)10-12-8-11(5-6-13(12)17)16(23)20-15-9-18-14-4-3-7-19-22(14)15/h3-9H,10H2,1-2H3,(H,20,23). The summed E-state index contributed by atoms with van der Waals surface area (Å²) in [5.74, 6) is -0.201. The molecular formula is C16H16FN5O. The largest absolute Gasteiger partial charge is 0.305 e. The van der Waals surface area contributed by atoms with Gasteiger partial charge in [-0.3, -0.25) is 4.79 Å².